The molecule has 1 aromatic rings. The molecule has 0 spiro atoms. The summed E-state index contributed by atoms with van der Waals surface area (Å²) in [6, 6.07) is 5.64. The van der Waals surface area contributed by atoms with E-state index in [1.165, 1.54) is 0 Å². The van der Waals surface area contributed by atoms with Crippen molar-refractivity contribution in [3.05, 3.63) is 23.8 Å². The number of carbonyl (C=O) groups is 1. The Hall–Kier alpha value is -1.75. The summed E-state index contributed by atoms with van der Waals surface area (Å²) in [6.07, 6.45) is 0.745. The van der Waals surface area contributed by atoms with Crippen molar-refractivity contribution in [3.63, 3.8) is 0 Å². The Bertz CT molecular complexity index is 445. The largest absolute Gasteiger partial charge is 0.493 e. The third-order valence-corrected chi connectivity index (χ3v) is 3.39. The number of methoxy groups -OCH3 is 2. The van der Waals surface area contributed by atoms with Gasteiger partial charge in [-0.25, -0.2) is 0 Å². The first-order valence-electron chi connectivity index (χ1n) is 6.73. The van der Waals surface area contributed by atoms with Gasteiger partial charge in [0.1, 0.15) is 0 Å². The van der Waals surface area contributed by atoms with Crippen LogP contribution in [0.25, 0.3) is 0 Å². The van der Waals surface area contributed by atoms with E-state index in [2.05, 4.69) is 0 Å². The number of rotatable bonds is 7. The van der Waals surface area contributed by atoms with Crippen molar-refractivity contribution in [2.45, 2.75) is 19.9 Å². The Morgan fingerprint density at radius 1 is 1.35 bits per heavy atom. The van der Waals surface area contributed by atoms with Gasteiger partial charge in [0, 0.05) is 25.7 Å². The molecule has 0 saturated heterocycles. The fraction of sp³-hybridized carbons (Fsp3) is 0.533. The highest BCUT2D eigenvalue weighted by Gasteiger charge is 2.20. The van der Waals surface area contributed by atoms with Crippen LogP contribution in [0.4, 0.5) is 0 Å². The molecular formula is C15H24N2O3. The number of hydrogen-bond acceptors (Lipinski definition) is 4. The monoisotopic (exact) mass is 280 g/mol. The zero-order valence-electron chi connectivity index (χ0n) is 12.7. The number of nitrogens with zero attached hydrogens (tertiary/aromatic N) is 1. The van der Waals surface area contributed by atoms with E-state index >= 15 is 0 Å². The molecule has 1 amide bonds. The Morgan fingerprint density at radius 2 is 2.05 bits per heavy atom. The molecule has 1 unspecified atom stereocenters. The van der Waals surface area contributed by atoms with Crippen LogP contribution in [0, 0.1) is 5.92 Å². The van der Waals surface area contributed by atoms with E-state index in [4.69, 9.17) is 15.2 Å². The van der Waals surface area contributed by atoms with E-state index in [1.807, 2.05) is 25.1 Å². The van der Waals surface area contributed by atoms with Crippen LogP contribution in [0.1, 0.15) is 18.9 Å². The maximum Gasteiger partial charge on any atom is 0.226 e. The van der Waals surface area contributed by atoms with Crippen molar-refractivity contribution in [1.29, 1.82) is 0 Å². The van der Waals surface area contributed by atoms with E-state index < -0.39 is 0 Å². The molecule has 0 fully saturated rings. The first-order chi connectivity index (χ1) is 9.58. The second-order valence-corrected chi connectivity index (χ2v) is 4.69. The van der Waals surface area contributed by atoms with E-state index in [0.717, 1.165) is 12.0 Å². The molecule has 1 rings (SSSR count). The number of ether oxygens (including phenoxy) is 2. The van der Waals surface area contributed by atoms with E-state index in [1.54, 1.807) is 26.2 Å². The van der Waals surface area contributed by atoms with Crippen LogP contribution in [-0.4, -0.2) is 38.6 Å². The standard InChI is InChI=1S/C15H24N2O3/c1-5-11(9-16)15(18)17(2)10-12-7-6-8-13(19-3)14(12)20-4/h6-8,11H,5,9-10,16H2,1-4H3. The van der Waals surface area contributed by atoms with Gasteiger partial charge in [-0.05, 0) is 12.5 Å². The highest BCUT2D eigenvalue weighted by atomic mass is 16.5. The Kier molecular flexibility index (Phi) is 6.31. The molecule has 0 aliphatic rings. The van der Waals surface area contributed by atoms with Crippen molar-refractivity contribution < 1.29 is 14.3 Å². The van der Waals surface area contributed by atoms with E-state index in [0.29, 0.717) is 24.6 Å². The molecule has 0 aliphatic carbocycles. The molecule has 0 aromatic heterocycles. The van der Waals surface area contributed by atoms with Gasteiger partial charge in [-0.3, -0.25) is 4.79 Å². The molecule has 0 aliphatic heterocycles. The summed E-state index contributed by atoms with van der Waals surface area (Å²) in [4.78, 5) is 13.9. The normalized spacial score (nSPS) is 11.8. The average molecular weight is 280 g/mol. The second kappa shape index (κ2) is 7.75. The zero-order chi connectivity index (χ0) is 15.1. The Labute approximate surface area is 120 Å². The van der Waals surface area contributed by atoms with Crippen LogP contribution >= 0.6 is 0 Å². The molecule has 1 atom stereocenters. The van der Waals surface area contributed by atoms with Crippen LogP contribution in [0.3, 0.4) is 0 Å². The number of carbonyl (C=O) groups excluding carboxylic acids is 1. The highest BCUT2D eigenvalue weighted by molar-refractivity contribution is 5.78. The van der Waals surface area contributed by atoms with E-state index in [9.17, 15) is 4.79 Å². The first-order valence-corrected chi connectivity index (χ1v) is 6.73. The zero-order valence-corrected chi connectivity index (χ0v) is 12.7. The van der Waals surface area contributed by atoms with Crippen molar-refractivity contribution in [2.75, 3.05) is 27.8 Å². The molecule has 1 aromatic carbocycles. The number of amides is 1. The quantitative estimate of drug-likeness (QED) is 0.824. The lowest BCUT2D eigenvalue weighted by atomic mass is 10.0. The lowest BCUT2D eigenvalue weighted by Crippen LogP contribution is -2.36. The fourth-order valence-corrected chi connectivity index (χ4v) is 2.17. The summed E-state index contributed by atoms with van der Waals surface area (Å²) in [5.41, 5.74) is 6.54. The summed E-state index contributed by atoms with van der Waals surface area (Å²) < 4.78 is 10.6. The van der Waals surface area contributed by atoms with Gasteiger partial charge in [0.05, 0.1) is 20.1 Å². The van der Waals surface area contributed by atoms with Gasteiger partial charge in [-0.2, -0.15) is 0 Å². The van der Waals surface area contributed by atoms with Gasteiger partial charge in [-0.1, -0.05) is 19.1 Å². The third-order valence-electron chi connectivity index (χ3n) is 3.39. The molecule has 0 saturated carbocycles. The molecule has 20 heavy (non-hydrogen) atoms. The SMILES string of the molecule is CCC(CN)C(=O)N(C)Cc1cccc(OC)c1OC. The topological polar surface area (TPSA) is 64.8 Å². The minimum atomic E-state index is -0.128. The average Bonchev–Trinajstić information content (AvgIpc) is 2.47. The molecule has 0 bridgehead atoms. The van der Waals surface area contributed by atoms with Crippen molar-refractivity contribution in [2.24, 2.45) is 11.7 Å². The van der Waals surface area contributed by atoms with Gasteiger partial charge >= 0.3 is 0 Å². The molecule has 0 radical (unpaired) electrons. The van der Waals surface area contributed by atoms with Crippen LogP contribution in [0.2, 0.25) is 0 Å². The lowest BCUT2D eigenvalue weighted by Gasteiger charge is -2.23. The molecule has 0 heterocycles. The number of para-hydroxylation sites is 1. The summed E-state index contributed by atoms with van der Waals surface area (Å²) in [7, 11) is 4.97. The highest BCUT2D eigenvalue weighted by Crippen LogP contribution is 2.31. The first kappa shape index (κ1) is 16.3. The maximum absolute atomic E-state index is 12.2. The molecule has 5 nitrogen and oxygen atoms in total. The lowest BCUT2D eigenvalue weighted by molar-refractivity contribution is -0.134. The second-order valence-electron chi connectivity index (χ2n) is 4.69. The van der Waals surface area contributed by atoms with E-state index in [-0.39, 0.29) is 11.8 Å². The van der Waals surface area contributed by atoms with Crippen LogP contribution < -0.4 is 15.2 Å². The van der Waals surface area contributed by atoms with Gasteiger partial charge in [0.15, 0.2) is 11.5 Å². The summed E-state index contributed by atoms with van der Waals surface area (Å²) in [6.45, 7) is 2.81. The number of benzene rings is 1. The van der Waals surface area contributed by atoms with Crippen LogP contribution in [-0.2, 0) is 11.3 Å². The predicted molar refractivity (Wildman–Crippen MR) is 78.9 cm³/mol. The smallest absolute Gasteiger partial charge is 0.226 e. The molecule has 112 valence electrons. The third kappa shape index (κ3) is 3.63. The summed E-state index contributed by atoms with van der Waals surface area (Å²) in [5, 5.41) is 0. The minimum Gasteiger partial charge on any atom is -0.493 e. The Morgan fingerprint density at radius 3 is 2.55 bits per heavy atom. The summed E-state index contributed by atoms with van der Waals surface area (Å²) in [5.74, 6) is 1.25. The Balaban J connectivity index is 2.90. The maximum atomic E-state index is 12.2. The number of nitrogens with two attached hydrogens (primary N) is 1. The van der Waals surface area contributed by atoms with Gasteiger partial charge in [0.2, 0.25) is 5.91 Å². The summed E-state index contributed by atoms with van der Waals surface area (Å²) >= 11 is 0. The van der Waals surface area contributed by atoms with Gasteiger partial charge in [0.25, 0.3) is 0 Å². The molecule has 2 N–H and O–H groups in total. The van der Waals surface area contributed by atoms with Gasteiger partial charge < -0.3 is 20.1 Å². The van der Waals surface area contributed by atoms with Crippen molar-refractivity contribution in [3.8, 4) is 11.5 Å². The van der Waals surface area contributed by atoms with Crippen LogP contribution in [0.5, 0.6) is 11.5 Å². The number of hydrogen-bond donors (Lipinski definition) is 1. The fourth-order valence-electron chi connectivity index (χ4n) is 2.17. The minimum absolute atomic E-state index is 0.0554. The molecule has 5 heteroatoms. The molecular weight excluding hydrogens is 256 g/mol. The van der Waals surface area contributed by atoms with Crippen LogP contribution in [0.15, 0.2) is 18.2 Å². The van der Waals surface area contributed by atoms with Crippen molar-refractivity contribution in [1.82, 2.24) is 4.90 Å². The van der Waals surface area contributed by atoms with Crippen molar-refractivity contribution >= 4 is 5.91 Å². The predicted octanol–water partition coefficient (Wildman–Crippen LogP) is 1.65. The van der Waals surface area contributed by atoms with Gasteiger partial charge in [-0.15, -0.1) is 0 Å².